The number of rotatable bonds is 4. The van der Waals surface area contributed by atoms with E-state index in [0.717, 1.165) is 55.6 Å². The molecule has 2 aliphatic rings. The zero-order valence-electron chi connectivity index (χ0n) is 19.3. The third-order valence-corrected chi connectivity index (χ3v) is 6.88. The molecule has 4 heterocycles. The summed E-state index contributed by atoms with van der Waals surface area (Å²) in [6.07, 6.45) is 6.68. The lowest BCUT2D eigenvalue weighted by Crippen LogP contribution is -2.36. The van der Waals surface area contributed by atoms with Gasteiger partial charge in [-0.25, -0.2) is 15.0 Å². The Labute approximate surface area is 193 Å². The summed E-state index contributed by atoms with van der Waals surface area (Å²) in [6.45, 7) is 6.32. The normalized spacial score (nSPS) is 18.8. The van der Waals surface area contributed by atoms with Gasteiger partial charge in [0.05, 0.1) is 28.3 Å². The molecule has 0 bridgehead atoms. The van der Waals surface area contributed by atoms with Gasteiger partial charge in [0.2, 0.25) is 5.91 Å². The molecule has 0 spiro atoms. The van der Waals surface area contributed by atoms with Gasteiger partial charge < -0.3 is 14.4 Å². The molecule has 2 aromatic heterocycles. The van der Waals surface area contributed by atoms with Gasteiger partial charge in [0.1, 0.15) is 12.4 Å². The third-order valence-electron chi connectivity index (χ3n) is 6.88. The van der Waals surface area contributed by atoms with Crippen LogP contribution in [0.4, 0.5) is 0 Å². The van der Waals surface area contributed by atoms with Crippen molar-refractivity contribution >= 4 is 22.8 Å². The standard InChI is InChI=1S/C25H30N6O2/c1-17-19(25(33)29-12-6-3-7-13-29)15-26-24(27-17)22-11-8-14-30(22)23(32)16-31-18(2)28-20-9-4-5-10-21(20)31/h4-5,9-10,15,22H,3,6-8,11-14,16H2,1-2H3. The SMILES string of the molecule is Cc1nc(C2CCCN2C(=O)Cn2c(C)nc3ccccc32)ncc1C(=O)N1CCCCC1. The first-order chi connectivity index (χ1) is 16.0. The van der Waals surface area contributed by atoms with Gasteiger partial charge in [0, 0.05) is 25.8 Å². The zero-order valence-corrected chi connectivity index (χ0v) is 19.3. The predicted octanol–water partition coefficient (Wildman–Crippen LogP) is 3.43. The summed E-state index contributed by atoms with van der Waals surface area (Å²) in [4.78, 5) is 43.9. The van der Waals surface area contributed by atoms with Gasteiger partial charge in [-0.1, -0.05) is 12.1 Å². The molecule has 1 unspecified atom stereocenters. The number of likely N-dealkylation sites (tertiary alicyclic amines) is 2. The average molecular weight is 447 g/mol. The topological polar surface area (TPSA) is 84.2 Å². The minimum Gasteiger partial charge on any atom is -0.339 e. The van der Waals surface area contributed by atoms with Crippen LogP contribution in [-0.2, 0) is 11.3 Å². The molecule has 3 aromatic rings. The van der Waals surface area contributed by atoms with Crippen LogP contribution in [0.25, 0.3) is 11.0 Å². The Morgan fingerprint density at radius 2 is 1.79 bits per heavy atom. The van der Waals surface area contributed by atoms with E-state index in [0.29, 0.717) is 23.6 Å². The molecule has 0 saturated carbocycles. The minimum atomic E-state index is -0.162. The summed E-state index contributed by atoms with van der Waals surface area (Å²) in [5.74, 6) is 1.51. The van der Waals surface area contributed by atoms with Crippen molar-refractivity contribution in [3.63, 3.8) is 0 Å². The van der Waals surface area contributed by atoms with Gasteiger partial charge in [-0.05, 0) is 58.1 Å². The monoisotopic (exact) mass is 446 g/mol. The molecular weight excluding hydrogens is 416 g/mol. The Bertz CT molecular complexity index is 1200. The number of carbonyl (C=O) groups is 2. The lowest BCUT2D eigenvalue weighted by molar-refractivity contribution is -0.132. The minimum absolute atomic E-state index is 0.0144. The van der Waals surface area contributed by atoms with Crippen LogP contribution in [0, 0.1) is 13.8 Å². The fourth-order valence-corrected chi connectivity index (χ4v) is 5.08. The maximum absolute atomic E-state index is 13.3. The number of carbonyl (C=O) groups excluding carboxylic acids is 2. The Kier molecular flexibility index (Phi) is 5.83. The van der Waals surface area contributed by atoms with Crippen molar-refractivity contribution < 1.29 is 9.59 Å². The molecular formula is C25H30N6O2. The maximum atomic E-state index is 13.3. The molecule has 0 aliphatic carbocycles. The number of benzene rings is 1. The number of aromatic nitrogens is 4. The van der Waals surface area contributed by atoms with Crippen molar-refractivity contribution in [2.24, 2.45) is 0 Å². The number of hydrogen-bond donors (Lipinski definition) is 0. The van der Waals surface area contributed by atoms with Gasteiger partial charge >= 0.3 is 0 Å². The van der Waals surface area contributed by atoms with Gasteiger partial charge in [-0.15, -0.1) is 0 Å². The summed E-state index contributed by atoms with van der Waals surface area (Å²) in [5.41, 5.74) is 3.11. The van der Waals surface area contributed by atoms with Crippen molar-refractivity contribution in [1.29, 1.82) is 0 Å². The largest absolute Gasteiger partial charge is 0.339 e. The number of nitrogens with zero attached hydrogens (tertiary/aromatic N) is 6. The molecule has 0 N–H and O–H groups in total. The molecule has 2 saturated heterocycles. The van der Waals surface area contributed by atoms with Crippen LogP contribution in [0.1, 0.15) is 65.8 Å². The highest BCUT2D eigenvalue weighted by molar-refractivity contribution is 5.95. The molecule has 1 aromatic carbocycles. The number of aryl methyl sites for hydroxylation is 2. The molecule has 2 aliphatic heterocycles. The van der Waals surface area contributed by atoms with E-state index in [2.05, 4.69) is 9.97 Å². The predicted molar refractivity (Wildman–Crippen MR) is 125 cm³/mol. The van der Waals surface area contributed by atoms with Crippen LogP contribution in [0.15, 0.2) is 30.5 Å². The summed E-state index contributed by atoms with van der Waals surface area (Å²) in [5, 5.41) is 0. The Balaban J connectivity index is 1.35. The first kappa shape index (κ1) is 21.6. The fourth-order valence-electron chi connectivity index (χ4n) is 5.08. The average Bonchev–Trinajstić information content (AvgIpc) is 3.44. The summed E-state index contributed by atoms with van der Waals surface area (Å²) in [6, 6.07) is 7.72. The van der Waals surface area contributed by atoms with E-state index in [9.17, 15) is 9.59 Å². The quantitative estimate of drug-likeness (QED) is 0.613. The first-order valence-corrected chi connectivity index (χ1v) is 11.9. The molecule has 2 amide bonds. The van der Waals surface area contributed by atoms with Crippen LogP contribution in [0.3, 0.4) is 0 Å². The van der Waals surface area contributed by atoms with Crippen molar-refractivity contribution in [1.82, 2.24) is 29.3 Å². The maximum Gasteiger partial charge on any atom is 0.257 e. The van der Waals surface area contributed by atoms with Crippen LogP contribution >= 0.6 is 0 Å². The van der Waals surface area contributed by atoms with Crippen molar-refractivity contribution in [3.05, 3.63) is 53.4 Å². The molecule has 8 nitrogen and oxygen atoms in total. The molecule has 2 fully saturated rings. The molecule has 5 rings (SSSR count). The smallest absolute Gasteiger partial charge is 0.257 e. The first-order valence-electron chi connectivity index (χ1n) is 11.9. The Morgan fingerprint density at radius 3 is 2.58 bits per heavy atom. The molecule has 8 heteroatoms. The van der Waals surface area contributed by atoms with E-state index >= 15 is 0 Å². The second kappa shape index (κ2) is 8.92. The van der Waals surface area contributed by atoms with E-state index in [-0.39, 0.29) is 24.4 Å². The highest BCUT2D eigenvalue weighted by Crippen LogP contribution is 2.31. The number of hydrogen-bond acceptors (Lipinski definition) is 5. The number of fused-ring (bicyclic) bond motifs is 1. The van der Waals surface area contributed by atoms with E-state index < -0.39 is 0 Å². The molecule has 172 valence electrons. The number of para-hydroxylation sites is 2. The second-order valence-corrected chi connectivity index (χ2v) is 9.06. The van der Waals surface area contributed by atoms with Crippen LogP contribution in [0.2, 0.25) is 0 Å². The van der Waals surface area contributed by atoms with Gasteiger partial charge in [-0.3, -0.25) is 9.59 Å². The lowest BCUT2D eigenvalue weighted by Gasteiger charge is -2.27. The molecule has 0 radical (unpaired) electrons. The fraction of sp³-hybridized carbons (Fsp3) is 0.480. The van der Waals surface area contributed by atoms with E-state index in [1.165, 1.54) is 6.42 Å². The van der Waals surface area contributed by atoms with Gasteiger partial charge in [0.25, 0.3) is 5.91 Å². The number of piperidine rings is 1. The third kappa shape index (κ3) is 4.10. The summed E-state index contributed by atoms with van der Waals surface area (Å²) < 4.78 is 1.97. The highest BCUT2D eigenvalue weighted by atomic mass is 16.2. The Morgan fingerprint density at radius 1 is 1.00 bits per heavy atom. The van der Waals surface area contributed by atoms with Gasteiger partial charge in [0.15, 0.2) is 5.82 Å². The van der Waals surface area contributed by atoms with Crippen molar-refractivity contribution in [3.8, 4) is 0 Å². The number of amides is 2. The lowest BCUT2D eigenvalue weighted by atomic mass is 10.1. The molecule has 1 atom stereocenters. The van der Waals surface area contributed by atoms with E-state index in [1.807, 2.05) is 52.5 Å². The van der Waals surface area contributed by atoms with E-state index in [1.54, 1.807) is 6.20 Å². The molecule has 33 heavy (non-hydrogen) atoms. The van der Waals surface area contributed by atoms with Crippen molar-refractivity contribution in [2.45, 2.75) is 58.5 Å². The second-order valence-electron chi connectivity index (χ2n) is 9.06. The van der Waals surface area contributed by atoms with Crippen LogP contribution in [0.5, 0.6) is 0 Å². The number of imidazole rings is 1. The summed E-state index contributed by atoms with van der Waals surface area (Å²) in [7, 11) is 0. The zero-order chi connectivity index (χ0) is 22.9. The van der Waals surface area contributed by atoms with Crippen LogP contribution in [-0.4, -0.2) is 60.8 Å². The van der Waals surface area contributed by atoms with Gasteiger partial charge in [-0.2, -0.15) is 0 Å². The summed E-state index contributed by atoms with van der Waals surface area (Å²) >= 11 is 0. The van der Waals surface area contributed by atoms with E-state index in [4.69, 9.17) is 4.98 Å². The van der Waals surface area contributed by atoms with Crippen LogP contribution < -0.4 is 0 Å². The van der Waals surface area contributed by atoms with Crippen molar-refractivity contribution in [2.75, 3.05) is 19.6 Å². The Hall–Kier alpha value is -3.29. The highest BCUT2D eigenvalue weighted by Gasteiger charge is 2.33.